The van der Waals surface area contributed by atoms with Crippen molar-refractivity contribution in [2.75, 3.05) is 0 Å². The molecule has 0 fully saturated rings. The van der Waals surface area contributed by atoms with E-state index in [4.69, 9.17) is 5.73 Å². The maximum absolute atomic E-state index is 13.8. The van der Waals surface area contributed by atoms with Gasteiger partial charge < -0.3 is 10.3 Å². The molecular formula is C22H23FN2O2. The first kappa shape index (κ1) is 18.8. The van der Waals surface area contributed by atoms with Gasteiger partial charge in [0.15, 0.2) is 0 Å². The van der Waals surface area contributed by atoms with Crippen LogP contribution in [0.3, 0.4) is 0 Å². The molecule has 0 radical (unpaired) electrons. The van der Waals surface area contributed by atoms with Gasteiger partial charge in [-0.15, -0.1) is 0 Å². The molecule has 3 aromatic rings. The number of nitrogens with two attached hydrogens (primary N) is 1. The van der Waals surface area contributed by atoms with Crippen LogP contribution in [0.4, 0.5) is 4.39 Å². The van der Waals surface area contributed by atoms with Crippen molar-refractivity contribution in [2.24, 2.45) is 5.73 Å². The number of amides is 1. The zero-order valence-corrected chi connectivity index (χ0v) is 15.8. The lowest BCUT2D eigenvalue weighted by Gasteiger charge is -2.22. The van der Waals surface area contributed by atoms with E-state index in [2.05, 4.69) is 0 Å². The van der Waals surface area contributed by atoms with E-state index in [0.29, 0.717) is 10.9 Å². The van der Waals surface area contributed by atoms with E-state index >= 15 is 0 Å². The molecule has 140 valence electrons. The lowest BCUT2D eigenvalue weighted by atomic mass is 9.91. The summed E-state index contributed by atoms with van der Waals surface area (Å²) in [5, 5.41) is 1.40. The lowest BCUT2D eigenvalue weighted by Crippen LogP contribution is -2.28. The summed E-state index contributed by atoms with van der Waals surface area (Å²) in [6.07, 6.45) is 0.0832. The van der Waals surface area contributed by atoms with Crippen molar-refractivity contribution in [1.29, 1.82) is 0 Å². The maximum atomic E-state index is 13.8. The number of hydrogen-bond acceptors (Lipinski definition) is 2. The summed E-state index contributed by atoms with van der Waals surface area (Å²) in [7, 11) is 0. The van der Waals surface area contributed by atoms with Gasteiger partial charge in [0.2, 0.25) is 5.91 Å². The molecule has 0 saturated carbocycles. The molecular weight excluding hydrogens is 343 g/mol. The minimum Gasteiger partial charge on any atom is -0.370 e. The van der Waals surface area contributed by atoms with Crippen molar-refractivity contribution in [3.63, 3.8) is 0 Å². The fourth-order valence-corrected chi connectivity index (χ4v) is 3.56. The number of pyridine rings is 1. The molecule has 0 aliphatic rings. The smallest absolute Gasteiger partial charge is 0.258 e. The Balaban J connectivity index is 2.43. The second kappa shape index (κ2) is 7.35. The maximum Gasteiger partial charge on any atom is 0.258 e. The number of carbonyl (C=O) groups is 1. The minimum atomic E-state index is -0.455. The Morgan fingerprint density at radius 3 is 2.41 bits per heavy atom. The standard InChI is InChI=1S/C22H23FN2O2/c1-13(2)21-20(15-8-9-18(23)14(3)12-15)16-6-4-5-7-17(16)22(27)25(21)11-10-19(24)26/h4-9,12-13H,10-11H2,1-3H3,(H2,24,26). The van der Waals surface area contributed by atoms with Gasteiger partial charge in [0.1, 0.15) is 5.82 Å². The van der Waals surface area contributed by atoms with Gasteiger partial charge in [-0.1, -0.05) is 38.1 Å². The molecule has 0 aliphatic carbocycles. The highest BCUT2D eigenvalue weighted by molar-refractivity contribution is 5.97. The first-order chi connectivity index (χ1) is 12.8. The van der Waals surface area contributed by atoms with E-state index in [1.54, 1.807) is 29.7 Å². The normalized spacial score (nSPS) is 11.3. The molecule has 2 N–H and O–H groups in total. The highest BCUT2D eigenvalue weighted by Gasteiger charge is 2.20. The lowest BCUT2D eigenvalue weighted by molar-refractivity contribution is -0.118. The van der Waals surface area contributed by atoms with Gasteiger partial charge in [-0.05, 0) is 47.6 Å². The third-order valence-electron chi connectivity index (χ3n) is 4.79. The van der Waals surface area contributed by atoms with Gasteiger partial charge in [-0.25, -0.2) is 4.39 Å². The topological polar surface area (TPSA) is 65.1 Å². The van der Waals surface area contributed by atoms with Gasteiger partial charge in [0.25, 0.3) is 5.56 Å². The highest BCUT2D eigenvalue weighted by Crippen LogP contribution is 2.35. The summed E-state index contributed by atoms with van der Waals surface area (Å²) in [5.74, 6) is -0.698. The SMILES string of the molecule is Cc1cc(-c2c(C(C)C)n(CCC(N)=O)c(=O)c3ccccc23)ccc1F. The summed E-state index contributed by atoms with van der Waals surface area (Å²) in [6.45, 7) is 5.95. The van der Waals surface area contributed by atoms with Crippen molar-refractivity contribution in [2.45, 2.75) is 39.7 Å². The molecule has 1 heterocycles. The first-order valence-corrected chi connectivity index (χ1v) is 9.01. The number of aryl methyl sites for hydroxylation is 1. The number of fused-ring (bicyclic) bond motifs is 1. The second-order valence-electron chi connectivity index (χ2n) is 7.10. The van der Waals surface area contributed by atoms with Crippen molar-refractivity contribution in [1.82, 2.24) is 4.57 Å². The number of primary amides is 1. The van der Waals surface area contributed by atoms with E-state index in [9.17, 15) is 14.0 Å². The molecule has 5 heteroatoms. The largest absolute Gasteiger partial charge is 0.370 e. The number of carbonyl (C=O) groups excluding carboxylic acids is 1. The number of nitrogens with zero attached hydrogens (tertiary/aromatic N) is 1. The third kappa shape index (κ3) is 3.50. The molecule has 4 nitrogen and oxygen atoms in total. The van der Waals surface area contributed by atoms with Crippen molar-refractivity contribution >= 4 is 16.7 Å². The van der Waals surface area contributed by atoms with Crippen molar-refractivity contribution in [3.8, 4) is 11.1 Å². The Morgan fingerprint density at radius 2 is 1.81 bits per heavy atom. The highest BCUT2D eigenvalue weighted by atomic mass is 19.1. The quantitative estimate of drug-likeness (QED) is 0.738. The number of benzene rings is 2. The van der Waals surface area contributed by atoms with Crippen LogP contribution in [-0.2, 0) is 11.3 Å². The van der Waals surface area contributed by atoms with E-state index in [1.807, 2.05) is 32.0 Å². The molecule has 1 aromatic heterocycles. The molecule has 3 rings (SSSR count). The van der Waals surface area contributed by atoms with Crippen LogP contribution in [0.2, 0.25) is 0 Å². The number of aromatic nitrogens is 1. The van der Waals surface area contributed by atoms with E-state index in [1.165, 1.54) is 6.07 Å². The summed E-state index contributed by atoms with van der Waals surface area (Å²) >= 11 is 0. The monoisotopic (exact) mass is 366 g/mol. The average Bonchev–Trinajstić information content (AvgIpc) is 2.63. The molecule has 0 aliphatic heterocycles. The molecule has 0 bridgehead atoms. The van der Waals surface area contributed by atoms with Crippen LogP contribution in [0.25, 0.3) is 21.9 Å². The Bertz CT molecular complexity index is 1080. The minimum absolute atomic E-state index is 0.0236. The molecule has 0 atom stereocenters. The molecule has 0 spiro atoms. The van der Waals surface area contributed by atoms with Crippen LogP contribution >= 0.6 is 0 Å². The fourth-order valence-electron chi connectivity index (χ4n) is 3.56. The zero-order valence-electron chi connectivity index (χ0n) is 15.8. The van der Waals surface area contributed by atoms with Crippen LogP contribution < -0.4 is 11.3 Å². The van der Waals surface area contributed by atoms with E-state index < -0.39 is 5.91 Å². The van der Waals surface area contributed by atoms with Crippen LogP contribution in [0, 0.1) is 12.7 Å². The van der Waals surface area contributed by atoms with Gasteiger partial charge in [-0.3, -0.25) is 9.59 Å². The average molecular weight is 366 g/mol. The van der Waals surface area contributed by atoms with Gasteiger partial charge in [0, 0.05) is 29.6 Å². The first-order valence-electron chi connectivity index (χ1n) is 9.01. The van der Waals surface area contributed by atoms with Gasteiger partial charge >= 0.3 is 0 Å². The summed E-state index contributed by atoms with van der Waals surface area (Å²) < 4.78 is 15.5. The van der Waals surface area contributed by atoms with Gasteiger partial charge in [-0.2, -0.15) is 0 Å². The number of rotatable bonds is 5. The zero-order chi connectivity index (χ0) is 19.7. The van der Waals surface area contributed by atoms with Crippen LogP contribution in [0.5, 0.6) is 0 Å². The predicted molar refractivity (Wildman–Crippen MR) is 106 cm³/mol. The van der Waals surface area contributed by atoms with Crippen LogP contribution in [0.1, 0.15) is 37.4 Å². The Kier molecular flexibility index (Phi) is 5.13. The number of hydrogen-bond donors (Lipinski definition) is 1. The van der Waals surface area contributed by atoms with Crippen LogP contribution in [0.15, 0.2) is 47.3 Å². The summed E-state index contributed by atoms with van der Waals surface area (Å²) in [4.78, 5) is 24.5. The number of halogens is 1. The summed E-state index contributed by atoms with van der Waals surface area (Å²) in [5.41, 5.74) is 8.29. The molecule has 0 saturated heterocycles. The van der Waals surface area contributed by atoms with Crippen molar-refractivity contribution < 1.29 is 9.18 Å². The van der Waals surface area contributed by atoms with E-state index in [-0.39, 0.29) is 30.3 Å². The van der Waals surface area contributed by atoms with Crippen molar-refractivity contribution in [3.05, 3.63) is 69.9 Å². The molecule has 2 aromatic carbocycles. The predicted octanol–water partition coefficient (Wildman–Crippen LogP) is 4.11. The molecule has 0 unspecified atom stereocenters. The third-order valence-corrected chi connectivity index (χ3v) is 4.79. The van der Waals surface area contributed by atoms with Crippen LogP contribution in [-0.4, -0.2) is 10.5 Å². The molecule has 1 amide bonds. The Hall–Kier alpha value is -2.95. The van der Waals surface area contributed by atoms with Gasteiger partial charge in [0.05, 0.1) is 0 Å². The van der Waals surface area contributed by atoms with E-state index in [0.717, 1.165) is 22.2 Å². The fraction of sp³-hybridized carbons (Fsp3) is 0.273. The Morgan fingerprint density at radius 1 is 1.15 bits per heavy atom. The Labute approximate surface area is 157 Å². The molecule has 27 heavy (non-hydrogen) atoms. The summed E-state index contributed by atoms with van der Waals surface area (Å²) in [6, 6.07) is 12.4. The second-order valence-corrected chi connectivity index (χ2v) is 7.10.